The van der Waals surface area contributed by atoms with E-state index in [0.29, 0.717) is 21.7 Å². The summed E-state index contributed by atoms with van der Waals surface area (Å²) < 4.78 is 5.98. The molecule has 2 aliphatic rings. The second-order valence-electron chi connectivity index (χ2n) is 9.10. The van der Waals surface area contributed by atoms with Crippen molar-refractivity contribution in [3.05, 3.63) is 69.3 Å². The van der Waals surface area contributed by atoms with Crippen LogP contribution in [0.15, 0.2) is 42.6 Å². The Balaban J connectivity index is 1.42. The molecule has 0 saturated heterocycles. The minimum absolute atomic E-state index is 0.0187. The summed E-state index contributed by atoms with van der Waals surface area (Å²) in [4.78, 5) is 25.9. The summed E-state index contributed by atoms with van der Waals surface area (Å²) in [7, 11) is 2.15. The zero-order valence-electron chi connectivity index (χ0n) is 19.4. The Morgan fingerprint density at radius 3 is 2.65 bits per heavy atom. The van der Waals surface area contributed by atoms with Crippen molar-refractivity contribution in [2.45, 2.75) is 39.0 Å². The van der Waals surface area contributed by atoms with Gasteiger partial charge in [-0.15, -0.1) is 0 Å². The molecule has 0 saturated carbocycles. The molecule has 5 rings (SSSR count). The third-order valence-electron chi connectivity index (χ3n) is 6.72. The molecule has 9 heteroatoms. The van der Waals surface area contributed by atoms with Gasteiger partial charge in [-0.25, -0.2) is 4.98 Å². The first-order valence-electron chi connectivity index (χ1n) is 11.1. The van der Waals surface area contributed by atoms with Crippen molar-refractivity contribution < 1.29 is 9.53 Å². The number of anilines is 3. The second kappa shape index (κ2) is 8.41. The highest BCUT2D eigenvalue weighted by Gasteiger charge is 2.36. The lowest BCUT2D eigenvalue weighted by Crippen LogP contribution is -2.46. The highest BCUT2D eigenvalue weighted by atomic mass is 35.5. The molecule has 1 N–H and O–H groups in total. The molecule has 0 spiro atoms. The van der Waals surface area contributed by atoms with E-state index < -0.39 is 6.23 Å². The normalized spacial score (nSPS) is 19.3. The number of carbonyl (C=O) groups excluding carboxylic acids is 1. The molecule has 0 radical (unpaired) electrons. The Morgan fingerprint density at radius 1 is 1.18 bits per heavy atom. The van der Waals surface area contributed by atoms with Crippen molar-refractivity contribution in [1.29, 1.82) is 0 Å². The molecular formula is C25H25Cl2N5O2. The number of nitrogens with one attached hydrogen (secondary N) is 1. The van der Waals surface area contributed by atoms with Crippen molar-refractivity contribution in [3.63, 3.8) is 0 Å². The van der Waals surface area contributed by atoms with Gasteiger partial charge in [0.25, 0.3) is 5.91 Å². The lowest BCUT2D eigenvalue weighted by molar-refractivity contribution is 0.0867. The fourth-order valence-corrected chi connectivity index (χ4v) is 5.13. The predicted octanol–water partition coefficient (Wildman–Crippen LogP) is 5.64. The van der Waals surface area contributed by atoms with E-state index in [2.05, 4.69) is 53.2 Å². The van der Waals surface area contributed by atoms with Crippen LogP contribution in [0.1, 0.15) is 42.3 Å². The van der Waals surface area contributed by atoms with Gasteiger partial charge in [0.1, 0.15) is 5.56 Å². The SMILES string of the molecule is CC1Oc2nc(Nc3ccc4c(c3)CCN(C)C4(C)C)ncc2C(=O)N1c1c(Cl)cccc1Cl. The van der Waals surface area contributed by atoms with Gasteiger partial charge in [-0.1, -0.05) is 35.3 Å². The van der Waals surface area contributed by atoms with E-state index in [-0.39, 0.29) is 22.9 Å². The molecule has 1 unspecified atom stereocenters. The largest absolute Gasteiger partial charge is 0.453 e. The smallest absolute Gasteiger partial charge is 0.268 e. The number of nitrogens with zero attached hydrogens (tertiary/aromatic N) is 4. The van der Waals surface area contributed by atoms with Crippen LogP contribution in [0, 0.1) is 0 Å². The number of halogens is 2. The van der Waals surface area contributed by atoms with E-state index in [9.17, 15) is 4.79 Å². The number of amides is 1. The molecule has 176 valence electrons. The summed E-state index contributed by atoms with van der Waals surface area (Å²) in [6.07, 6.45) is 1.79. The predicted molar refractivity (Wildman–Crippen MR) is 134 cm³/mol. The standard InChI is InChI=1S/C25H25Cl2N5O2/c1-14-32(21-19(26)6-5-7-20(21)27)23(33)17-13-28-24(30-22(17)34-14)29-16-8-9-18-15(12-16)10-11-31(4)25(18,2)3/h5-9,12-14H,10-11H2,1-4H3,(H,28,29,30). The molecule has 2 aliphatic heterocycles. The number of para-hydroxylation sites is 1. The molecular weight excluding hydrogens is 473 g/mol. The van der Waals surface area contributed by atoms with Gasteiger partial charge in [0.15, 0.2) is 6.23 Å². The zero-order valence-corrected chi connectivity index (χ0v) is 20.9. The quantitative estimate of drug-likeness (QED) is 0.505. The summed E-state index contributed by atoms with van der Waals surface area (Å²) in [5.41, 5.74) is 4.14. The zero-order chi connectivity index (χ0) is 24.2. The van der Waals surface area contributed by atoms with Gasteiger partial charge < -0.3 is 10.1 Å². The molecule has 7 nitrogen and oxygen atoms in total. The van der Waals surface area contributed by atoms with Gasteiger partial charge >= 0.3 is 0 Å². The van der Waals surface area contributed by atoms with Crippen LogP contribution < -0.4 is 15.0 Å². The fraction of sp³-hybridized carbons (Fsp3) is 0.320. The van der Waals surface area contributed by atoms with Crippen LogP contribution in [0.5, 0.6) is 5.88 Å². The van der Waals surface area contributed by atoms with E-state index in [1.807, 2.05) is 6.07 Å². The molecule has 0 fully saturated rings. The maximum Gasteiger partial charge on any atom is 0.268 e. The van der Waals surface area contributed by atoms with Gasteiger partial charge in [0.05, 0.1) is 15.7 Å². The summed E-state index contributed by atoms with van der Waals surface area (Å²) in [5, 5.41) is 3.97. The van der Waals surface area contributed by atoms with E-state index >= 15 is 0 Å². The van der Waals surface area contributed by atoms with Gasteiger partial charge in [-0.2, -0.15) is 4.98 Å². The molecule has 2 aromatic carbocycles. The number of ether oxygens (including phenoxy) is 1. The summed E-state index contributed by atoms with van der Waals surface area (Å²) in [6.45, 7) is 7.22. The van der Waals surface area contributed by atoms with Crippen LogP contribution in [0.4, 0.5) is 17.3 Å². The number of fused-ring (bicyclic) bond motifs is 2. The van der Waals surface area contributed by atoms with Crippen molar-refractivity contribution in [2.75, 3.05) is 23.8 Å². The Hall–Kier alpha value is -2.87. The van der Waals surface area contributed by atoms with Gasteiger partial charge in [-0.05, 0) is 69.6 Å². The number of benzene rings is 2. The average Bonchev–Trinajstić information content (AvgIpc) is 2.78. The topological polar surface area (TPSA) is 70.6 Å². The molecule has 0 aliphatic carbocycles. The van der Waals surface area contributed by atoms with Crippen LogP contribution in [-0.4, -0.2) is 40.6 Å². The first-order valence-corrected chi connectivity index (χ1v) is 11.9. The van der Waals surface area contributed by atoms with Crippen molar-refractivity contribution in [3.8, 4) is 5.88 Å². The van der Waals surface area contributed by atoms with Crippen LogP contribution in [0.2, 0.25) is 10.0 Å². The van der Waals surface area contributed by atoms with E-state index in [1.54, 1.807) is 25.1 Å². The maximum absolute atomic E-state index is 13.3. The minimum atomic E-state index is -0.650. The van der Waals surface area contributed by atoms with Crippen LogP contribution in [-0.2, 0) is 12.0 Å². The Kier molecular flexibility index (Phi) is 5.67. The third-order valence-corrected chi connectivity index (χ3v) is 7.33. The van der Waals surface area contributed by atoms with Gasteiger partial charge in [0.2, 0.25) is 11.8 Å². The lowest BCUT2D eigenvalue weighted by atomic mass is 9.83. The number of rotatable bonds is 3. The second-order valence-corrected chi connectivity index (χ2v) is 9.92. The van der Waals surface area contributed by atoms with Crippen molar-refractivity contribution in [2.24, 2.45) is 0 Å². The highest BCUT2D eigenvalue weighted by molar-refractivity contribution is 6.40. The third kappa shape index (κ3) is 3.78. The van der Waals surface area contributed by atoms with E-state index in [4.69, 9.17) is 27.9 Å². The number of likely N-dealkylation sites (N-methyl/N-ethyl adjacent to an activating group) is 1. The summed E-state index contributed by atoms with van der Waals surface area (Å²) >= 11 is 12.7. The van der Waals surface area contributed by atoms with Crippen molar-refractivity contribution in [1.82, 2.24) is 14.9 Å². The van der Waals surface area contributed by atoms with E-state index in [1.165, 1.54) is 22.2 Å². The average molecular weight is 498 g/mol. The van der Waals surface area contributed by atoms with Crippen molar-refractivity contribution >= 4 is 46.4 Å². The van der Waals surface area contributed by atoms with Gasteiger partial charge in [0, 0.05) is 24.0 Å². The molecule has 1 atom stereocenters. The van der Waals surface area contributed by atoms with Crippen LogP contribution in [0.3, 0.4) is 0 Å². The lowest BCUT2D eigenvalue weighted by Gasteiger charge is -2.41. The van der Waals surface area contributed by atoms with E-state index in [0.717, 1.165) is 18.7 Å². The molecule has 34 heavy (non-hydrogen) atoms. The number of hydrogen-bond donors (Lipinski definition) is 1. The molecule has 1 aromatic heterocycles. The Morgan fingerprint density at radius 2 is 1.91 bits per heavy atom. The Bertz CT molecular complexity index is 1280. The summed E-state index contributed by atoms with van der Waals surface area (Å²) in [6, 6.07) is 11.4. The number of carbonyl (C=O) groups is 1. The number of hydrogen-bond acceptors (Lipinski definition) is 6. The monoisotopic (exact) mass is 497 g/mol. The van der Waals surface area contributed by atoms with Crippen LogP contribution in [0.25, 0.3) is 0 Å². The number of aromatic nitrogens is 2. The first kappa shape index (κ1) is 22.9. The highest BCUT2D eigenvalue weighted by Crippen LogP contribution is 2.39. The maximum atomic E-state index is 13.3. The minimum Gasteiger partial charge on any atom is -0.453 e. The molecule has 3 heterocycles. The van der Waals surface area contributed by atoms with Crippen LogP contribution >= 0.6 is 23.2 Å². The molecule has 1 amide bonds. The molecule has 0 bridgehead atoms. The first-order chi connectivity index (χ1) is 16.2. The fourth-order valence-electron chi connectivity index (χ4n) is 4.55. The Labute approximate surface area is 208 Å². The summed E-state index contributed by atoms with van der Waals surface area (Å²) in [5.74, 6) is 0.251. The van der Waals surface area contributed by atoms with Gasteiger partial charge in [-0.3, -0.25) is 14.6 Å². The molecule has 3 aromatic rings.